The Morgan fingerprint density at radius 2 is 1.03 bits per heavy atom. The highest BCUT2D eigenvalue weighted by Gasteiger charge is 2.27. The maximum Gasteiger partial charge on any atom is 0.297 e. The Labute approximate surface area is 177 Å². The van der Waals surface area contributed by atoms with E-state index in [1.807, 2.05) is 13.8 Å². The van der Waals surface area contributed by atoms with E-state index in [0.29, 0.717) is 0 Å². The minimum atomic E-state index is -3.89. The Morgan fingerprint density at radius 3 is 1.33 bits per heavy atom. The van der Waals surface area contributed by atoms with E-state index in [2.05, 4.69) is 0 Å². The Hall–Kier alpha value is -1.82. The summed E-state index contributed by atoms with van der Waals surface area (Å²) in [5.74, 6) is 0. The first-order valence-corrected chi connectivity index (χ1v) is 12.1. The molecule has 1 aliphatic heterocycles. The summed E-state index contributed by atoms with van der Waals surface area (Å²) in [7, 11) is -7.79. The van der Waals surface area contributed by atoms with Gasteiger partial charge >= 0.3 is 0 Å². The highest BCUT2D eigenvalue weighted by Crippen LogP contribution is 2.17. The zero-order valence-electron chi connectivity index (χ0n) is 16.7. The van der Waals surface area contributed by atoms with Crippen LogP contribution in [0.2, 0.25) is 0 Å². The first-order valence-electron chi connectivity index (χ1n) is 9.31. The van der Waals surface area contributed by atoms with E-state index in [1.54, 1.807) is 24.3 Å². The number of rotatable bonds is 8. The Balaban J connectivity index is 1.44. The molecule has 0 spiro atoms. The van der Waals surface area contributed by atoms with Crippen LogP contribution in [0.5, 0.6) is 0 Å². The SMILES string of the molecule is Cc1ccc(S(=O)(=O)OC[C@H]2CO[C@@H](COS(=O)(=O)c3ccc(C)cc3)CO2)cc1. The number of hydrogen-bond acceptors (Lipinski definition) is 8. The topological polar surface area (TPSA) is 105 Å². The molecule has 0 N–H and O–H groups in total. The van der Waals surface area contributed by atoms with Crippen LogP contribution in [-0.4, -0.2) is 55.5 Å². The molecule has 30 heavy (non-hydrogen) atoms. The fourth-order valence-corrected chi connectivity index (χ4v) is 4.53. The molecule has 1 saturated heterocycles. The molecule has 2 aromatic carbocycles. The zero-order chi connectivity index (χ0) is 21.8. The van der Waals surface area contributed by atoms with Crippen molar-refractivity contribution in [3.05, 3.63) is 59.7 Å². The Bertz CT molecular complexity index is 949. The monoisotopic (exact) mass is 456 g/mol. The van der Waals surface area contributed by atoms with Crippen LogP contribution in [0.1, 0.15) is 11.1 Å². The lowest BCUT2D eigenvalue weighted by atomic mass is 10.2. The molecule has 0 amide bonds. The Morgan fingerprint density at radius 1 is 0.700 bits per heavy atom. The second kappa shape index (κ2) is 9.54. The average Bonchev–Trinajstić information content (AvgIpc) is 2.72. The first-order chi connectivity index (χ1) is 14.2. The summed E-state index contributed by atoms with van der Waals surface area (Å²) in [4.78, 5) is 0.134. The normalized spacial score (nSPS) is 20.2. The molecule has 3 rings (SSSR count). The lowest BCUT2D eigenvalue weighted by Crippen LogP contribution is -2.41. The predicted octanol–water partition coefficient (Wildman–Crippen LogP) is 2.20. The molecule has 1 aliphatic rings. The molecule has 0 unspecified atom stereocenters. The van der Waals surface area contributed by atoms with Crippen molar-refractivity contribution in [1.29, 1.82) is 0 Å². The van der Waals surface area contributed by atoms with Crippen molar-refractivity contribution in [2.24, 2.45) is 0 Å². The fourth-order valence-electron chi connectivity index (χ4n) is 2.65. The molecular formula is C20H24O8S2. The van der Waals surface area contributed by atoms with E-state index < -0.39 is 32.4 Å². The average molecular weight is 457 g/mol. The maximum absolute atomic E-state index is 12.2. The first kappa shape index (κ1) is 22.9. The van der Waals surface area contributed by atoms with Crippen molar-refractivity contribution in [1.82, 2.24) is 0 Å². The van der Waals surface area contributed by atoms with Gasteiger partial charge in [-0.1, -0.05) is 35.4 Å². The minimum Gasteiger partial charge on any atom is -0.371 e. The van der Waals surface area contributed by atoms with Crippen LogP contribution < -0.4 is 0 Å². The molecule has 0 radical (unpaired) electrons. The van der Waals surface area contributed by atoms with Crippen molar-refractivity contribution in [3.63, 3.8) is 0 Å². The Kier molecular flexibility index (Phi) is 7.27. The molecule has 1 fully saturated rings. The molecule has 0 aromatic heterocycles. The van der Waals surface area contributed by atoms with E-state index in [-0.39, 0.29) is 36.2 Å². The summed E-state index contributed by atoms with van der Waals surface area (Å²) in [6.45, 7) is 3.42. The van der Waals surface area contributed by atoms with Gasteiger partial charge in [0.1, 0.15) is 12.2 Å². The summed E-state index contributed by atoms with van der Waals surface area (Å²) in [5, 5.41) is 0. The second-order valence-corrected chi connectivity index (χ2v) is 10.2. The molecular weight excluding hydrogens is 432 g/mol. The molecule has 0 bridgehead atoms. The molecule has 8 nitrogen and oxygen atoms in total. The van der Waals surface area contributed by atoms with E-state index in [9.17, 15) is 16.8 Å². The highest BCUT2D eigenvalue weighted by molar-refractivity contribution is 7.87. The summed E-state index contributed by atoms with van der Waals surface area (Å²) < 4.78 is 70.0. The number of aryl methyl sites for hydroxylation is 2. The van der Waals surface area contributed by atoms with Gasteiger partial charge in [-0.3, -0.25) is 8.37 Å². The highest BCUT2D eigenvalue weighted by atomic mass is 32.2. The van der Waals surface area contributed by atoms with Gasteiger partial charge in [-0.15, -0.1) is 0 Å². The molecule has 1 heterocycles. The van der Waals surface area contributed by atoms with Crippen LogP contribution in [0.25, 0.3) is 0 Å². The maximum atomic E-state index is 12.2. The minimum absolute atomic E-state index is 0.0576. The summed E-state index contributed by atoms with van der Waals surface area (Å²) in [6, 6.07) is 12.7. The van der Waals surface area contributed by atoms with Crippen molar-refractivity contribution in [2.45, 2.75) is 35.8 Å². The summed E-state index contributed by atoms with van der Waals surface area (Å²) >= 11 is 0. The molecule has 164 valence electrons. The third kappa shape index (κ3) is 6.10. The summed E-state index contributed by atoms with van der Waals surface area (Å²) in [6.07, 6.45) is -1.18. The van der Waals surface area contributed by atoms with Crippen molar-refractivity contribution in [3.8, 4) is 0 Å². The number of hydrogen-bond donors (Lipinski definition) is 0. The van der Waals surface area contributed by atoms with Gasteiger partial charge in [0.25, 0.3) is 20.2 Å². The second-order valence-electron chi connectivity index (χ2n) is 7.01. The van der Waals surface area contributed by atoms with Crippen molar-refractivity contribution < 1.29 is 34.7 Å². The number of ether oxygens (including phenoxy) is 2. The number of benzene rings is 2. The van der Waals surface area contributed by atoms with Gasteiger partial charge in [0.05, 0.1) is 36.2 Å². The quantitative estimate of drug-likeness (QED) is 0.557. The van der Waals surface area contributed by atoms with E-state index in [4.69, 9.17) is 17.8 Å². The van der Waals surface area contributed by atoms with Gasteiger partial charge < -0.3 is 9.47 Å². The van der Waals surface area contributed by atoms with Crippen LogP contribution in [0.3, 0.4) is 0 Å². The molecule has 10 heteroatoms. The van der Waals surface area contributed by atoms with Gasteiger partial charge in [0.2, 0.25) is 0 Å². The van der Waals surface area contributed by atoms with Gasteiger partial charge in [-0.25, -0.2) is 0 Å². The third-order valence-corrected chi connectivity index (χ3v) is 7.06. The van der Waals surface area contributed by atoms with E-state index >= 15 is 0 Å². The van der Waals surface area contributed by atoms with E-state index in [1.165, 1.54) is 24.3 Å². The van der Waals surface area contributed by atoms with Crippen LogP contribution >= 0.6 is 0 Å². The van der Waals surface area contributed by atoms with Gasteiger partial charge in [-0.05, 0) is 38.1 Å². The zero-order valence-corrected chi connectivity index (χ0v) is 18.3. The van der Waals surface area contributed by atoms with Gasteiger partial charge in [-0.2, -0.15) is 16.8 Å². The van der Waals surface area contributed by atoms with Gasteiger partial charge in [0.15, 0.2) is 0 Å². The largest absolute Gasteiger partial charge is 0.371 e. The summed E-state index contributed by atoms with van der Waals surface area (Å²) in [5.41, 5.74) is 1.88. The third-order valence-electron chi connectivity index (χ3n) is 4.47. The fraction of sp³-hybridized carbons (Fsp3) is 0.400. The molecule has 0 aliphatic carbocycles. The lowest BCUT2D eigenvalue weighted by molar-refractivity contribution is -0.149. The molecule has 2 aromatic rings. The standard InChI is InChI=1S/C20H24O8S2/c1-15-3-7-19(8-4-15)29(21,22)27-13-17-11-26-18(12-25-17)14-28-30(23,24)20-9-5-16(2)6-10-20/h3-10,17-18H,11-14H2,1-2H3/t17-,18-/m1/s1. The molecule has 2 atom stereocenters. The van der Waals surface area contributed by atoms with Crippen LogP contribution in [0.4, 0.5) is 0 Å². The predicted molar refractivity (Wildman–Crippen MR) is 108 cm³/mol. The van der Waals surface area contributed by atoms with Crippen LogP contribution in [-0.2, 0) is 38.1 Å². The van der Waals surface area contributed by atoms with Crippen LogP contribution in [0, 0.1) is 13.8 Å². The van der Waals surface area contributed by atoms with E-state index in [0.717, 1.165) is 11.1 Å². The van der Waals surface area contributed by atoms with Gasteiger partial charge in [0, 0.05) is 0 Å². The van der Waals surface area contributed by atoms with Crippen molar-refractivity contribution >= 4 is 20.2 Å². The van der Waals surface area contributed by atoms with Crippen LogP contribution in [0.15, 0.2) is 58.3 Å². The van der Waals surface area contributed by atoms with Crippen molar-refractivity contribution in [2.75, 3.05) is 26.4 Å². The lowest BCUT2D eigenvalue weighted by Gasteiger charge is -2.28. The smallest absolute Gasteiger partial charge is 0.297 e. The molecule has 0 saturated carbocycles.